The van der Waals surface area contributed by atoms with Gasteiger partial charge in [-0.3, -0.25) is 4.57 Å². The van der Waals surface area contributed by atoms with Crippen molar-refractivity contribution in [3.63, 3.8) is 0 Å². The molecule has 1 aliphatic heterocycles. The molecule has 2 aromatic heterocycles. The van der Waals surface area contributed by atoms with Gasteiger partial charge in [-0.25, -0.2) is 23.7 Å². The maximum atomic E-state index is 14.4. The number of hydrogen-bond donors (Lipinski definition) is 1. The van der Waals surface area contributed by atoms with Crippen molar-refractivity contribution in [2.75, 3.05) is 31.6 Å². The van der Waals surface area contributed by atoms with Crippen LogP contribution in [0.4, 0.5) is 20.4 Å². The predicted molar refractivity (Wildman–Crippen MR) is 148 cm³/mol. The minimum atomic E-state index is -0.641. The van der Waals surface area contributed by atoms with Crippen LogP contribution in [0.15, 0.2) is 24.4 Å². The van der Waals surface area contributed by atoms with Crippen LogP contribution in [-0.4, -0.2) is 56.8 Å². The van der Waals surface area contributed by atoms with Gasteiger partial charge in [-0.2, -0.15) is 0 Å². The van der Waals surface area contributed by atoms with E-state index in [1.54, 1.807) is 6.20 Å². The summed E-state index contributed by atoms with van der Waals surface area (Å²) in [6.45, 7) is 4.35. The Kier molecular flexibility index (Phi) is 8.35. The van der Waals surface area contributed by atoms with Crippen LogP contribution in [0.3, 0.4) is 0 Å². The molecule has 39 heavy (non-hydrogen) atoms. The molecular weight excluding hydrogens is 498 g/mol. The average molecular weight is 539 g/mol. The molecule has 210 valence electrons. The Hall–Kier alpha value is -2.65. The van der Waals surface area contributed by atoms with Crippen molar-refractivity contribution in [3.8, 4) is 0 Å². The van der Waals surface area contributed by atoms with Crippen molar-refractivity contribution < 1.29 is 13.5 Å². The summed E-state index contributed by atoms with van der Waals surface area (Å²) in [5.74, 6) is 0.693. The number of likely N-dealkylation sites (tertiary alicyclic amines) is 1. The minimum absolute atomic E-state index is 0.203. The smallest absolute Gasteiger partial charge is 0.210 e. The van der Waals surface area contributed by atoms with Gasteiger partial charge in [0.25, 0.3) is 0 Å². The van der Waals surface area contributed by atoms with Crippen LogP contribution >= 0.6 is 0 Å². The highest BCUT2D eigenvalue weighted by Gasteiger charge is 2.26. The molecule has 2 aliphatic carbocycles. The fraction of sp³-hybridized carbons (Fsp3) is 0.633. The van der Waals surface area contributed by atoms with E-state index in [0.29, 0.717) is 23.5 Å². The second-order valence-electron chi connectivity index (χ2n) is 11.6. The highest BCUT2D eigenvalue weighted by Crippen LogP contribution is 2.36. The summed E-state index contributed by atoms with van der Waals surface area (Å²) >= 11 is 0. The lowest BCUT2D eigenvalue weighted by Crippen LogP contribution is -2.34. The maximum Gasteiger partial charge on any atom is 0.210 e. The molecule has 1 saturated heterocycles. The monoisotopic (exact) mass is 538 g/mol. The van der Waals surface area contributed by atoms with Gasteiger partial charge in [0.2, 0.25) is 5.95 Å². The molecule has 7 nitrogen and oxygen atoms in total. The van der Waals surface area contributed by atoms with E-state index in [-0.39, 0.29) is 11.7 Å². The van der Waals surface area contributed by atoms with E-state index >= 15 is 0 Å². The molecule has 0 radical (unpaired) electrons. The molecule has 0 spiro atoms. The van der Waals surface area contributed by atoms with E-state index in [1.165, 1.54) is 44.5 Å². The van der Waals surface area contributed by atoms with Crippen molar-refractivity contribution in [1.29, 1.82) is 0 Å². The van der Waals surface area contributed by atoms with Gasteiger partial charge in [-0.05, 0) is 82.5 Å². The van der Waals surface area contributed by atoms with E-state index in [9.17, 15) is 8.78 Å². The van der Waals surface area contributed by atoms with E-state index in [2.05, 4.69) is 19.8 Å². The largest absolute Gasteiger partial charge is 0.377 e. The summed E-state index contributed by atoms with van der Waals surface area (Å²) in [6, 6.07) is 3.80. The number of nitrogens with zero attached hydrogens (tertiary/aromatic N) is 5. The molecule has 0 bridgehead atoms. The lowest BCUT2D eigenvalue weighted by Gasteiger charge is -2.30. The molecule has 0 atom stereocenters. The zero-order chi connectivity index (χ0) is 26.6. The Morgan fingerprint density at radius 2 is 1.72 bits per heavy atom. The molecule has 0 unspecified atom stereocenters. The second kappa shape index (κ2) is 12.3. The van der Waals surface area contributed by atoms with Crippen LogP contribution in [0.2, 0.25) is 0 Å². The van der Waals surface area contributed by atoms with Gasteiger partial charge in [0, 0.05) is 25.1 Å². The van der Waals surface area contributed by atoms with Gasteiger partial charge in [-0.1, -0.05) is 19.3 Å². The van der Waals surface area contributed by atoms with Crippen LogP contribution in [0.1, 0.15) is 82.5 Å². The van der Waals surface area contributed by atoms with Gasteiger partial charge in [0.1, 0.15) is 23.0 Å². The number of anilines is 2. The molecular formula is C30H40F2N6O. The number of rotatable bonds is 9. The summed E-state index contributed by atoms with van der Waals surface area (Å²) in [6.07, 6.45) is 15.9. The van der Waals surface area contributed by atoms with Crippen molar-refractivity contribution >= 4 is 22.8 Å². The molecule has 9 heteroatoms. The Labute approximate surface area is 229 Å². The number of fused-ring (bicyclic) bond motifs is 1. The number of imidazole rings is 1. The fourth-order valence-electron chi connectivity index (χ4n) is 6.62. The standard InChI is InChI=1S/C30H40F2N6O/c31-22-10-13-26(25(32)19-22)34-30-35-27-20-33-28(36-29(27)38(30)23-6-2-3-7-23)18-21-8-11-24(12-9-21)39-17-16-37-14-4-1-5-15-37/h10,13,19-21,23-24H,1-9,11-12,14-18H2,(H,34,35). The van der Waals surface area contributed by atoms with Crippen LogP contribution < -0.4 is 5.32 Å². The first-order chi connectivity index (χ1) is 19.1. The quantitative estimate of drug-likeness (QED) is 0.333. The Morgan fingerprint density at radius 1 is 0.923 bits per heavy atom. The second-order valence-corrected chi connectivity index (χ2v) is 11.6. The van der Waals surface area contributed by atoms with Crippen LogP contribution in [0, 0.1) is 17.6 Å². The molecule has 0 amide bonds. The van der Waals surface area contributed by atoms with Crippen LogP contribution in [-0.2, 0) is 11.2 Å². The average Bonchev–Trinajstić information content (AvgIpc) is 3.59. The number of hydrogen-bond acceptors (Lipinski definition) is 6. The lowest BCUT2D eigenvalue weighted by atomic mass is 9.85. The molecule has 2 saturated carbocycles. The number of benzene rings is 1. The number of aromatic nitrogens is 4. The van der Waals surface area contributed by atoms with Crippen molar-refractivity contribution in [3.05, 3.63) is 41.9 Å². The number of halogens is 2. The summed E-state index contributed by atoms with van der Waals surface area (Å²) in [4.78, 5) is 16.9. The summed E-state index contributed by atoms with van der Waals surface area (Å²) in [7, 11) is 0. The maximum absolute atomic E-state index is 14.4. The van der Waals surface area contributed by atoms with Crippen molar-refractivity contribution in [1.82, 2.24) is 24.4 Å². The zero-order valence-corrected chi connectivity index (χ0v) is 22.8. The Morgan fingerprint density at radius 3 is 2.49 bits per heavy atom. The first-order valence-corrected chi connectivity index (χ1v) is 14.9. The SMILES string of the molecule is Fc1ccc(Nc2nc3cnc(CC4CCC(OCCN5CCCCC5)CC4)nc3n2C2CCCC2)c(F)c1. The van der Waals surface area contributed by atoms with Gasteiger partial charge < -0.3 is 15.0 Å². The zero-order valence-electron chi connectivity index (χ0n) is 22.8. The molecule has 6 rings (SSSR count). The summed E-state index contributed by atoms with van der Waals surface area (Å²) < 4.78 is 36.2. The van der Waals surface area contributed by atoms with Gasteiger partial charge in [-0.15, -0.1) is 0 Å². The van der Waals surface area contributed by atoms with Crippen molar-refractivity contribution in [2.45, 2.75) is 89.2 Å². The summed E-state index contributed by atoms with van der Waals surface area (Å²) in [5.41, 5.74) is 1.70. The summed E-state index contributed by atoms with van der Waals surface area (Å²) in [5, 5.41) is 3.10. The fourth-order valence-corrected chi connectivity index (χ4v) is 6.62. The van der Waals surface area contributed by atoms with Crippen LogP contribution in [0.25, 0.3) is 11.2 Å². The molecule has 1 N–H and O–H groups in total. The van der Waals surface area contributed by atoms with E-state index < -0.39 is 11.6 Å². The molecule has 3 aromatic rings. The molecule has 3 heterocycles. The first-order valence-electron chi connectivity index (χ1n) is 14.9. The van der Waals surface area contributed by atoms with Gasteiger partial charge >= 0.3 is 0 Å². The normalized spacial score (nSPS) is 23.0. The van der Waals surface area contributed by atoms with Gasteiger partial charge in [0.15, 0.2) is 5.65 Å². The third-order valence-electron chi connectivity index (χ3n) is 8.82. The Balaban J connectivity index is 1.11. The highest BCUT2D eigenvalue weighted by atomic mass is 19.1. The number of nitrogens with one attached hydrogen (secondary N) is 1. The van der Waals surface area contributed by atoms with Crippen LogP contribution in [0.5, 0.6) is 0 Å². The minimum Gasteiger partial charge on any atom is -0.377 e. The van der Waals surface area contributed by atoms with Gasteiger partial charge in [0.05, 0.1) is 24.6 Å². The number of piperidine rings is 1. The van der Waals surface area contributed by atoms with E-state index in [4.69, 9.17) is 14.7 Å². The topological polar surface area (TPSA) is 68.1 Å². The van der Waals surface area contributed by atoms with Crippen molar-refractivity contribution in [2.24, 2.45) is 5.92 Å². The number of ether oxygens (including phenoxy) is 1. The predicted octanol–water partition coefficient (Wildman–Crippen LogP) is 6.57. The third-order valence-corrected chi connectivity index (χ3v) is 8.82. The Bertz CT molecular complexity index is 1250. The molecule has 3 aliphatic rings. The van der Waals surface area contributed by atoms with E-state index in [1.807, 2.05) is 0 Å². The first kappa shape index (κ1) is 26.6. The van der Waals surface area contributed by atoms with E-state index in [0.717, 1.165) is 88.5 Å². The third kappa shape index (κ3) is 6.40. The molecule has 3 fully saturated rings. The highest BCUT2D eigenvalue weighted by molar-refractivity contribution is 5.75. The lowest BCUT2D eigenvalue weighted by molar-refractivity contribution is 0.00529. The molecule has 1 aromatic carbocycles.